The quantitative estimate of drug-likeness (QED) is 0.314. The summed E-state index contributed by atoms with van der Waals surface area (Å²) in [6, 6.07) is 8.40. The van der Waals surface area contributed by atoms with Gasteiger partial charge < -0.3 is 4.74 Å². The van der Waals surface area contributed by atoms with Gasteiger partial charge >= 0.3 is 0 Å². The summed E-state index contributed by atoms with van der Waals surface area (Å²) in [6.07, 6.45) is 5.05. The molecule has 114 valence electrons. The largest absolute Gasteiger partial charge is 0.369 e. The van der Waals surface area contributed by atoms with Crippen LogP contribution in [0.1, 0.15) is 52.0 Å². The third kappa shape index (κ3) is 5.30. The highest BCUT2D eigenvalue weighted by Crippen LogP contribution is 2.34. The molecule has 0 radical (unpaired) electrons. The van der Waals surface area contributed by atoms with E-state index in [9.17, 15) is 0 Å². The molecule has 0 aliphatic heterocycles. The van der Waals surface area contributed by atoms with E-state index in [-0.39, 0.29) is 5.60 Å². The van der Waals surface area contributed by atoms with Crippen LogP contribution in [0, 0.1) is 5.92 Å². The normalized spacial score (nSPS) is 15.8. The van der Waals surface area contributed by atoms with Crippen LogP contribution in [-0.2, 0) is 10.3 Å². The van der Waals surface area contributed by atoms with Crippen LogP contribution in [0.4, 0.5) is 0 Å². The Labute approximate surface area is 146 Å². The SMILES string of the molecule is CCCCC(CC)COC(C)(CI)c1ccccc1Br. The summed E-state index contributed by atoms with van der Waals surface area (Å²) in [5, 5.41) is 0. The van der Waals surface area contributed by atoms with Crippen molar-refractivity contribution in [3.05, 3.63) is 34.3 Å². The summed E-state index contributed by atoms with van der Waals surface area (Å²) in [5.74, 6) is 0.680. The predicted octanol–water partition coefficient (Wildman–Crippen LogP) is 6.33. The van der Waals surface area contributed by atoms with Gasteiger partial charge in [0.25, 0.3) is 0 Å². The molecule has 1 aromatic carbocycles. The van der Waals surface area contributed by atoms with Crippen molar-refractivity contribution >= 4 is 38.5 Å². The van der Waals surface area contributed by atoms with Gasteiger partial charge in [0.2, 0.25) is 0 Å². The average Bonchev–Trinajstić information content (AvgIpc) is 2.47. The third-order valence-electron chi connectivity index (χ3n) is 3.88. The van der Waals surface area contributed by atoms with Crippen molar-refractivity contribution in [2.75, 3.05) is 11.0 Å². The molecule has 0 heterocycles. The van der Waals surface area contributed by atoms with Crippen molar-refractivity contribution in [1.82, 2.24) is 0 Å². The summed E-state index contributed by atoms with van der Waals surface area (Å²) in [6.45, 7) is 7.58. The Morgan fingerprint density at radius 3 is 2.55 bits per heavy atom. The van der Waals surface area contributed by atoms with Gasteiger partial charge in [-0.3, -0.25) is 0 Å². The number of unbranched alkanes of at least 4 members (excludes halogenated alkanes) is 1. The highest BCUT2D eigenvalue weighted by atomic mass is 127. The molecule has 2 atom stereocenters. The summed E-state index contributed by atoms with van der Waals surface area (Å²) in [4.78, 5) is 0. The number of hydrogen-bond donors (Lipinski definition) is 0. The summed E-state index contributed by atoms with van der Waals surface area (Å²) in [5.41, 5.74) is 1.04. The zero-order chi connectivity index (χ0) is 15.0. The van der Waals surface area contributed by atoms with Crippen LogP contribution in [0.15, 0.2) is 28.7 Å². The van der Waals surface area contributed by atoms with Crippen LogP contribution in [0.3, 0.4) is 0 Å². The minimum atomic E-state index is -0.208. The van der Waals surface area contributed by atoms with E-state index >= 15 is 0 Å². The lowest BCUT2D eigenvalue weighted by Crippen LogP contribution is -2.30. The monoisotopic (exact) mass is 452 g/mol. The van der Waals surface area contributed by atoms with Gasteiger partial charge in [-0.2, -0.15) is 0 Å². The minimum absolute atomic E-state index is 0.208. The molecule has 0 aliphatic carbocycles. The molecule has 20 heavy (non-hydrogen) atoms. The van der Waals surface area contributed by atoms with Crippen molar-refractivity contribution in [2.45, 2.75) is 52.1 Å². The summed E-state index contributed by atoms with van der Waals surface area (Å²) >= 11 is 6.08. The lowest BCUT2D eigenvalue weighted by Gasteiger charge is -2.31. The van der Waals surface area contributed by atoms with Crippen molar-refractivity contribution in [3.8, 4) is 0 Å². The van der Waals surface area contributed by atoms with E-state index in [0.717, 1.165) is 15.5 Å². The van der Waals surface area contributed by atoms with Gasteiger partial charge in [-0.1, -0.05) is 89.8 Å². The van der Waals surface area contributed by atoms with Crippen molar-refractivity contribution in [2.24, 2.45) is 5.92 Å². The summed E-state index contributed by atoms with van der Waals surface area (Å²) in [7, 11) is 0. The molecule has 1 rings (SSSR count). The summed E-state index contributed by atoms with van der Waals surface area (Å²) < 4.78 is 8.45. The molecule has 2 unspecified atom stereocenters. The third-order valence-corrected chi connectivity index (χ3v) is 6.03. The Balaban J connectivity index is 2.72. The lowest BCUT2D eigenvalue weighted by atomic mass is 9.96. The Bertz CT molecular complexity index is 396. The second-order valence-electron chi connectivity index (χ2n) is 5.57. The van der Waals surface area contributed by atoms with E-state index in [0.29, 0.717) is 5.92 Å². The van der Waals surface area contributed by atoms with E-state index in [1.807, 2.05) is 0 Å². The fourth-order valence-corrected chi connectivity index (χ4v) is 3.61. The first-order valence-corrected chi connectivity index (χ1v) is 9.84. The maximum atomic E-state index is 6.36. The van der Waals surface area contributed by atoms with Gasteiger partial charge in [0.05, 0.1) is 6.61 Å². The Kier molecular flexibility index (Phi) is 8.68. The number of hydrogen-bond acceptors (Lipinski definition) is 1. The Morgan fingerprint density at radius 1 is 1.30 bits per heavy atom. The van der Waals surface area contributed by atoms with E-state index in [4.69, 9.17) is 4.74 Å². The Morgan fingerprint density at radius 2 is 2.00 bits per heavy atom. The second kappa shape index (κ2) is 9.42. The first kappa shape index (κ1) is 18.4. The van der Waals surface area contributed by atoms with E-state index in [1.54, 1.807) is 0 Å². The van der Waals surface area contributed by atoms with Crippen molar-refractivity contribution < 1.29 is 4.74 Å². The molecule has 0 saturated carbocycles. The first-order chi connectivity index (χ1) is 9.57. The second-order valence-corrected chi connectivity index (χ2v) is 7.19. The molecule has 0 fully saturated rings. The van der Waals surface area contributed by atoms with Gasteiger partial charge in [0.1, 0.15) is 5.60 Å². The van der Waals surface area contributed by atoms with Crippen LogP contribution >= 0.6 is 38.5 Å². The fourth-order valence-electron chi connectivity index (χ4n) is 2.28. The van der Waals surface area contributed by atoms with Crippen LogP contribution in [0.5, 0.6) is 0 Å². The number of alkyl halides is 1. The van der Waals surface area contributed by atoms with Gasteiger partial charge in [-0.25, -0.2) is 0 Å². The topological polar surface area (TPSA) is 9.23 Å². The molecule has 0 saturated heterocycles. The van der Waals surface area contributed by atoms with Crippen LogP contribution < -0.4 is 0 Å². The number of halogens is 2. The molecule has 0 amide bonds. The molecule has 0 spiro atoms. The van der Waals surface area contributed by atoms with E-state index in [1.165, 1.54) is 31.2 Å². The molecule has 0 bridgehead atoms. The molecule has 3 heteroatoms. The first-order valence-electron chi connectivity index (χ1n) is 7.52. The maximum Gasteiger partial charge on any atom is 0.100 e. The molecule has 1 nitrogen and oxygen atoms in total. The van der Waals surface area contributed by atoms with Crippen LogP contribution in [0.2, 0.25) is 0 Å². The van der Waals surface area contributed by atoms with Gasteiger partial charge in [0, 0.05) is 8.90 Å². The highest BCUT2D eigenvalue weighted by molar-refractivity contribution is 14.1. The number of rotatable bonds is 9. The molecule has 1 aromatic rings. The standard InChI is InChI=1S/C17H26BrIO/c1-4-6-9-14(5-2)12-20-17(3,13-19)15-10-7-8-11-16(15)18/h7-8,10-11,14H,4-6,9,12-13H2,1-3H3. The molecular formula is C17H26BrIO. The molecule has 0 N–H and O–H groups in total. The van der Waals surface area contributed by atoms with E-state index in [2.05, 4.69) is 83.6 Å². The Hall–Kier alpha value is 0.390. The number of ether oxygens (including phenoxy) is 1. The molecule has 0 aliphatic rings. The van der Waals surface area contributed by atoms with Gasteiger partial charge in [-0.05, 0) is 30.9 Å². The molecular weight excluding hydrogens is 427 g/mol. The van der Waals surface area contributed by atoms with Crippen molar-refractivity contribution in [3.63, 3.8) is 0 Å². The van der Waals surface area contributed by atoms with Crippen LogP contribution in [-0.4, -0.2) is 11.0 Å². The maximum absolute atomic E-state index is 6.36. The number of benzene rings is 1. The van der Waals surface area contributed by atoms with E-state index < -0.39 is 0 Å². The van der Waals surface area contributed by atoms with Gasteiger partial charge in [0.15, 0.2) is 0 Å². The molecule has 0 aromatic heterocycles. The van der Waals surface area contributed by atoms with Crippen LogP contribution in [0.25, 0.3) is 0 Å². The van der Waals surface area contributed by atoms with Gasteiger partial charge in [-0.15, -0.1) is 0 Å². The smallest absolute Gasteiger partial charge is 0.100 e. The zero-order valence-electron chi connectivity index (χ0n) is 12.8. The van der Waals surface area contributed by atoms with Crippen molar-refractivity contribution in [1.29, 1.82) is 0 Å². The highest BCUT2D eigenvalue weighted by Gasteiger charge is 2.29. The lowest BCUT2D eigenvalue weighted by molar-refractivity contribution is -0.0365. The zero-order valence-corrected chi connectivity index (χ0v) is 16.5. The fraction of sp³-hybridized carbons (Fsp3) is 0.647. The predicted molar refractivity (Wildman–Crippen MR) is 99.6 cm³/mol. The average molecular weight is 453 g/mol. The minimum Gasteiger partial charge on any atom is -0.369 e.